The third-order valence-electron chi connectivity index (χ3n) is 5.50. The van der Waals surface area contributed by atoms with Crippen molar-refractivity contribution in [3.63, 3.8) is 0 Å². The van der Waals surface area contributed by atoms with E-state index in [0.717, 1.165) is 33.6 Å². The van der Waals surface area contributed by atoms with Crippen LogP contribution in [0.25, 0.3) is 11.1 Å². The average molecular weight is 425 g/mol. The first-order chi connectivity index (χ1) is 14.9. The van der Waals surface area contributed by atoms with Gasteiger partial charge in [0.25, 0.3) is 0 Å². The van der Waals surface area contributed by atoms with Gasteiger partial charge in [0, 0.05) is 13.0 Å². The molecule has 1 aliphatic carbocycles. The summed E-state index contributed by atoms with van der Waals surface area (Å²) in [4.78, 5) is 37.1. The molecule has 1 atom stereocenters. The number of likely N-dealkylation sites (N-methyl/N-ethyl adjacent to an activating group) is 1. The lowest BCUT2D eigenvalue weighted by Gasteiger charge is -2.24. The van der Waals surface area contributed by atoms with E-state index < -0.39 is 30.5 Å². The number of carboxylic acids is 1. The highest BCUT2D eigenvalue weighted by Gasteiger charge is 2.33. The van der Waals surface area contributed by atoms with Crippen LogP contribution in [-0.2, 0) is 19.1 Å². The van der Waals surface area contributed by atoms with Gasteiger partial charge in [0.2, 0.25) is 0 Å². The van der Waals surface area contributed by atoms with Gasteiger partial charge in [-0.1, -0.05) is 61.9 Å². The van der Waals surface area contributed by atoms with Gasteiger partial charge in [-0.05, 0) is 28.7 Å². The summed E-state index contributed by atoms with van der Waals surface area (Å²) in [6.45, 7) is 2.26. The molecule has 0 saturated carbocycles. The molecule has 0 heterocycles. The molecular formula is C24H27NO6. The number of nitrogens with zero attached hydrogens (tertiary/aromatic N) is 1. The first kappa shape index (κ1) is 22.3. The molecule has 3 rings (SSSR count). The summed E-state index contributed by atoms with van der Waals surface area (Å²) in [7, 11) is 1.32. The van der Waals surface area contributed by atoms with Crippen LogP contribution < -0.4 is 0 Å². The normalized spacial score (nSPS) is 13.1. The minimum Gasteiger partial charge on any atom is -0.480 e. The number of carbonyl (C=O) groups is 3. The Morgan fingerprint density at radius 1 is 1.00 bits per heavy atom. The summed E-state index contributed by atoms with van der Waals surface area (Å²) in [5.41, 5.74) is 4.33. The molecule has 1 amide bonds. The monoisotopic (exact) mass is 425 g/mol. The third-order valence-corrected chi connectivity index (χ3v) is 5.50. The number of hydrogen-bond donors (Lipinski definition) is 1. The van der Waals surface area contributed by atoms with Crippen LogP contribution in [0.5, 0.6) is 0 Å². The molecule has 1 N–H and O–H groups in total. The summed E-state index contributed by atoms with van der Waals surface area (Å²) >= 11 is 0. The van der Waals surface area contributed by atoms with Crippen LogP contribution in [0.2, 0.25) is 0 Å². The quantitative estimate of drug-likeness (QED) is 0.481. The van der Waals surface area contributed by atoms with Gasteiger partial charge in [-0.2, -0.15) is 0 Å². The van der Waals surface area contributed by atoms with Gasteiger partial charge in [-0.25, -0.2) is 9.59 Å². The molecule has 1 unspecified atom stereocenters. The molecule has 2 aromatic rings. The number of fused-ring (bicyclic) bond motifs is 3. The molecule has 7 heteroatoms. The zero-order chi connectivity index (χ0) is 22.4. The van der Waals surface area contributed by atoms with E-state index >= 15 is 0 Å². The molecular weight excluding hydrogens is 398 g/mol. The second-order valence-electron chi connectivity index (χ2n) is 7.55. The first-order valence-corrected chi connectivity index (χ1v) is 10.4. The topological polar surface area (TPSA) is 93.1 Å². The Hall–Kier alpha value is -3.35. The van der Waals surface area contributed by atoms with E-state index in [-0.39, 0.29) is 19.1 Å². The van der Waals surface area contributed by atoms with Crippen LogP contribution in [0.15, 0.2) is 48.5 Å². The number of aliphatic carboxylic acids is 1. The minimum absolute atomic E-state index is 0.0739. The highest BCUT2D eigenvalue weighted by molar-refractivity contribution is 5.85. The van der Waals surface area contributed by atoms with Crippen molar-refractivity contribution in [2.45, 2.75) is 38.1 Å². The minimum atomic E-state index is -1.36. The van der Waals surface area contributed by atoms with Gasteiger partial charge in [-0.15, -0.1) is 0 Å². The fraction of sp³-hybridized carbons (Fsp3) is 0.375. The SMILES string of the molecule is CCCCOC(=O)CC(C(=O)O)N(C)C(=O)OCC1c2ccccc2-c2ccccc21. The predicted octanol–water partition coefficient (Wildman–Crippen LogP) is 4.05. The van der Waals surface area contributed by atoms with E-state index in [9.17, 15) is 19.5 Å². The summed E-state index contributed by atoms with van der Waals surface area (Å²) < 4.78 is 10.5. The van der Waals surface area contributed by atoms with Crippen LogP contribution in [0.1, 0.15) is 43.2 Å². The highest BCUT2D eigenvalue weighted by atomic mass is 16.6. The largest absolute Gasteiger partial charge is 0.480 e. The maximum atomic E-state index is 12.6. The van der Waals surface area contributed by atoms with Crippen molar-refractivity contribution in [2.24, 2.45) is 0 Å². The summed E-state index contributed by atoms with van der Waals surface area (Å²) in [6, 6.07) is 14.5. The van der Waals surface area contributed by atoms with Gasteiger partial charge in [-0.3, -0.25) is 9.69 Å². The number of hydrogen-bond acceptors (Lipinski definition) is 5. The molecule has 164 valence electrons. The molecule has 2 aromatic carbocycles. The van der Waals surface area contributed by atoms with Crippen LogP contribution in [0, 0.1) is 0 Å². The number of unbranched alkanes of at least 4 members (excludes halogenated alkanes) is 1. The Kier molecular flexibility index (Phi) is 7.28. The van der Waals surface area contributed by atoms with E-state index in [1.807, 2.05) is 55.5 Å². The van der Waals surface area contributed by atoms with Gasteiger partial charge in [0.1, 0.15) is 12.6 Å². The Bertz CT molecular complexity index is 911. The Labute approximate surface area is 181 Å². The third kappa shape index (κ3) is 5.05. The van der Waals surface area contributed by atoms with E-state index in [1.54, 1.807) is 0 Å². The van der Waals surface area contributed by atoms with Gasteiger partial charge < -0.3 is 14.6 Å². The van der Waals surface area contributed by atoms with Gasteiger partial charge >= 0.3 is 18.0 Å². The zero-order valence-corrected chi connectivity index (χ0v) is 17.7. The first-order valence-electron chi connectivity index (χ1n) is 10.4. The Morgan fingerprint density at radius 3 is 2.13 bits per heavy atom. The Balaban J connectivity index is 1.65. The molecule has 0 fully saturated rings. The molecule has 0 radical (unpaired) electrons. The van der Waals surface area contributed by atoms with Crippen molar-refractivity contribution >= 4 is 18.0 Å². The molecule has 0 aliphatic heterocycles. The molecule has 31 heavy (non-hydrogen) atoms. The lowest BCUT2D eigenvalue weighted by Crippen LogP contribution is -2.44. The van der Waals surface area contributed by atoms with Crippen LogP contribution >= 0.6 is 0 Å². The van der Waals surface area contributed by atoms with E-state index in [4.69, 9.17) is 9.47 Å². The fourth-order valence-corrected chi connectivity index (χ4v) is 3.76. The number of esters is 1. The lowest BCUT2D eigenvalue weighted by molar-refractivity contribution is -0.152. The van der Waals surface area contributed by atoms with Crippen molar-refractivity contribution < 1.29 is 29.0 Å². The molecule has 0 aromatic heterocycles. The van der Waals surface area contributed by atoms with Gasteiger partial charge in [0.15, 0.2) is 0 Å². The standard InChI is InChI=1S/C24H27NO6/c1-3-4-13-30-22(26)14-21(23(27)28)25(2)24(29)31-15-20-18-11-7-5-9-16(18)17-10-6-8-12-19(17)20/h5-12,20-21H,3-4,13-15H2,1-2H3,(H,27,28). The molecule has 0 spiro atoms. The molecule has 0 bridgehead atoms. The second-order valence-corrected chi connectivity index (χ2v) is 7.55. The number of ether oxygens (including phenoxy) is 2. The molecule has 7 nitrogen and oxygen atoms in total. The van der Waals surface area contributed by atoms with Crippen molar-refractivity contribution in [2.75, 3.05) is 20.3 Å². The highest BCUT2D eigenvalue weighted by Crippen LogP contribution is 2.44. The maximum absolute atomic E-state index is 12.6. The summed E-state index contributed by atoms with van der Waals surface area (Å²) in [5.74, 6) is -2.07. The van der Waals surface area contributed by atoms with E-state index in [1.165, 1.54) is 7.05 Å². The zero-order valence-electron chi connectivity index (χ0n) is 17.7. The number of amides is 1. The maximum Gasteiger partial charge on any atom is 0.410 e. The van der Waals surface area contributed by atoms with Crippen molar-refractivity contribution in [1.82, 2.24) is 4.90 Å². The van der Waals surface area contributed by atoms with Gasteiger partial charge in [0.05, 0.1) is 13.0 Å². The second kappa shape index (κ2) is 10.1. The average Bonchev–Trinajstić information content (AvgIpc) is 3.09. The fourth-order valence-electron chi connectivity index (χ4n) is 3.76. The predicted molar refractivity (Wildman–Crippen MR) is 115 cm³/mol. The molecule has 1 aliphatic rings. The number of benzene rings is 2. The number of rotatable bonds is 9. The number of carbonyl (C=O) groups excluding carboxylic acids is 2. The summed E-state index contributed by atoms with van der Waals surface area (Å²) in [5, 5.41) is 9.50. The Morgan fingerprint density at radius 2 is 1.58 bits per heavy atom. The van der Waals surface area contributed by atoms with E-state index in [2.05, 4.69) is 0 Å². The van der Waals surface area contributed by atoms with Crippen LogP contribution in [-0.4, -0.2) is 54.3 Å². The van der Waals surface area contributed by atoms with Crippen LogP contribution in [0.3, 0.4) is 0 Å². The smallest absolute Gasteiger partial charge is 0.410 e. The molecule has 0 saturated heterocycles. The van der Waals surface area contributed by atoms with E-state index in [0.29, 0.717) is 6.42 Å². The van der Waals surface area contributed by atoms with Crippen molar-refractivity contribution in [3.8, 4) is 11.1 Å². The lowest BCUT2D eigenvalue weighted by atomic mass is 9.98. The van der Waals surface area contributed by atoms with Crippen molar-refractivity contribution in [3.05, 3.63) is 59.7 Å². The van der Waals surface area contributed by atoms with Crippen molar-refractivity contribution in [1.29, 1.82) is 0 Å². The number of carboxylic acid groups (broad SMARTS) is 1. The van der Waals surface area contributed by atoms with Crippen LogP contribution in [0.4, 0.5) is 4.79 Å². The summed E-state index contributed by atoms with van der Waals surface area (Å²) in [6.07, 6.45) is 0.330.